The molecule has 0 spiro atoms. The molecule has 0 atom stereocenters. The van der Waals surface area contributed by atoms with Crippen molar-refractivity contribution in [3.05, 3.63) is 30.1 Å². The van der Waals surface area contributed by atoms with Crippen LogP contribution in [-0.4, -0.2) is 17.9 Å². The SMILES string of the molecule is CCOP(=O)(OCC)C(=S)Nc1ccc(F)cc1. The van der Waals surface area contributed by atoms with Gasteiger partial charge in [-0.1, -0.05) is 12.2 Å². The van der Waals surface area contributed by atoms with E-state index in [1.165, 1.54) is 24.3 Å². The van der Waals surface area contributed by atoms with Crippen LogP contribution in [0.1, 0.15) is 13.8 Å². The fourth-order valence-electron chi connectivity index (χ4n) is 1.22. The van der Waals surface area contributed by atoms with Gasteiger partial charge in [0.2, 0.25) is 0 Å². The van der Waals surface area contributed by atoms with E-state index in [0.29, 0.717) is 5.69 Å². The number of benzene rings is 1. The first-order chi connectivity index (χ1) is 8.51. The molecule has 1 aromatic rings. The van der Waals surface area contributed by atoms with Crippen molar-refractivity contribution in [3.63, 3.8) is 0 Å². The molecular formula is C11H15FNO3PS. The number of nitrogens with one attached hydrogen (secondary N) is 1. The lowest BCUT2D eigenvalue weighted by Crippen LogP contribution is -2.14. The Hall–Kier alpha value is -0.810. The molecule has 0 bridgehead atoms. The third-order valence-electron chi connectivity index (χ3n) is 1.94. The van der Waals surface area contributed by atoms with E-state index in [4.69, 9.17) is 21.3 Å². The molecule has 4 nitrogen and oxygen atoms in total. The largest absolute Gasteiger partial charge is 0.388 e. The normalized spacial score (nSPS) is 11.3. The maximum absolute atomic E-state index is 12.7. The quantitative estimate of drug-likeness (QED) is 0.638. The van der Waals surface area contributed by atoms with Crippen LogP contribution in [0, 0.1) is 5.82 Å². The molecule has 100 valence electrons. The number of anilines is 1. The van der Waals surface area contributed by atoms with Crippen LogP contribution < -0.4 is 5.32 Å². The van der Waals surface area contributed by atoms with Gasteiger partial charge < -0.3 is 14.4 Å². The maximum Gasteiger partial charge on any atom is 0.388 e. The lowest BCUT2D eigenvalue weighted by atomic mass is 10.3. The Morgan fingerprint density at radius 1 is 1.28 bits per heavy atom. The van der Waals surface area contributed by atoms with Gasteiger partial charge in [0.05, 0.1) is 13.2 Å². The summed E-state index contributed by atoms with van der Waals surface area (Å²) in [6.07, 6.45) is 0. The molecule has 0 amide bonds. The van der Waals surface area contributed by atoms with Gasteiger partial charge in [-0.25, -0.2) is 4.39 Å². The van der Waals surface area contributed by atoms with Gasteiger partial charge in [0, 0.05) is 5.69 Å². The van der Waals surface area contributed by atoms with Crippen molar-refractivity contribution in [1.82, 2.24) is 0 Å². The van der Waals surface area contributed by atoms with Crippen LogP contribution in [0.4, 0.5) is 10.1 Å². The predicted molar refractivity (Wildman–Crippen MR) is 73.5 cm³/mol. The second-order valence-electron chi connectivity index (χ2n) is 3.27. The minimum atomic E-state index is -3.46. The molecule has 0 aliphatic carbocycles. The molecule has 1 N–H and O–H groups in total. The second kappa shape index (κ2) is 6.95. The van der Waals surface area contributed by atoms with Crippen molar-refractivity contribution in [3.8, 4) is 0 Å². The van der Waals surface area contributed by atoms with Gasteiger partial charge in [-0.05, 0) is 38.1 Å². The molecule has 1 rings (SSSR count). The number of halogens is 1. The molecule has 0 radical (unpaired) electrons. The average molecular weight is 291 g/mol. The van der Waals surface area contributed by atoms with Crippen molar-refractivity contribution < 1.29 is 18.0 Å². The fourth-order valence-corrected chi connectivity index (χ4v) is 2.91. The summed E-state index contributed by atoms with van der Waals surface area (Å²) in [6.45, 7) is 3.85. The highest BCUT2D eigenvalue weighted by molar-refractivity contribution is 7.98. The lowest BCUT2D eigenvalue weighted by molar-refractivity contribution is 0.233. The zero-order valence-electron chi connectivity index (χ0n) is 10.2. The van der Waals surface area contributed by atoms with Crippen LogP contribution in [0.3, 0.4) is 0 Å². The molecular weight excluding hydrogens is 276 g/mol. The first-order valence-corrected chi connectivity index (χ1v) is 7.43. The van der Waals surface area contributed by atoms with E-state index in [9.17, 15) is 8.96 Å². The third kappa shape index (κ3) is 4.14. The first kappa shape index (κ1) is 15.2. The minimum Gasteiger partial charge on any atom is -0.340 e. The summed E-state index contributed by atoms with van der Waals surface area (Å²) in [4.78, 5) is 0. The molecule has 7 heteroatoms. The van der Waals surface area contributed by atoms with Gasteiger partial charge in [-0.2, -0.15) is 0 Å². The first-order valence-electron chi connectivity index (χ1n) is 5.48. The zero-order valence-corrected chi connectivity index (χ0v) is 11.9. The van der Waals surface area contributed by atoms with Crippen molar-refractivity contribution >= 4 is 30.2 Å². The lowest BCUT2D eigenvalue weighted by Gasteiger charge is -2.18. The Kier molecular flexibility index (Phi) is 5.88. The van der Waals surface area contributed by atoms with E-state index in [-0.39, 0.29) is 23.8 Å². The standard InChI is InChI=1S/C11H15FNO3PS/c1-3-15-17(14,16-4-2)11(18)13-10-7-5-9(12)6-8-10/h5-8H,3-4H2,1-2H3,(H,13,18). The van der Waals surface area contributed by atoms with Gasteiger partial charge in [0.15, 0.2) is 4.73 Å². The van der Waals surface area contributed by atoms with E-state index in [2.05, 4.69) is 5.32 Å². The zero-order chi connectivity index (χ0) is 13.6. The Morgan fingerprint density at radius 2 is 1.78 bits per heavy atom. The highest BCUT2D eigenvalue weighted by Gasteiger charge is 2.30. The Labute approximate surface area is 111 Å². The van der Waals surface area contributed by atoms with Gasteiger partial charge in [-0.15, -0.1) is 0 Å². The van der Waals surface area contributed by atoms with Gasteiger partial charge in [0.25, 0.3) is 0 Å². The van der Waals surface area contributed by atoms with Crippen molar-refractivity contribution in [2.45, 2.75) is 13.8 Å². The van der Waals surface area contributed by atoms with E-state index in [1.54, 1.807) is 13.8 Å². The predicted octanol–water partition coefficient (Wildman–Crippen LogP) is 3.79. The molecule has 0 fully saturated rings. The number of hydrogen-bond acceptors (Lipinski definition) is 4. The minimum absolute atomic E-state index is 0.0298. The van der Waals surface area contributed by atoms with Crippen LogP contribution in [0.15, 0.2) is 24.3 Å². The molecule has 18 heavy (non-hydrogen) atoms. The molecule has 0 heterocycles. The smallest absolute Gasteiger partial charge is 0.340 e. The average Bonchev–Trinajstić information content (AvgIpc) is 2.32. The van der Waals surface area contributed by atoms with Crippen molar-refractivity contribution in [2.75, 3.05) is 18.5 Å². The number of hydrogen-bond donors (Lipinski definition) is 1. The molecule has 0 aromatic heterocycles. The summed E-state index contributed by atoms with van der Waals surface area (Å²) in [5, 5.41) is 2.73. The molecule has 0 unspecified atom stereocenters. The molecule has 0 saturated carbocycles. The highest BCUT2D eigenvalue weighted by atomic mass is 32.1. The summed E-state index contributed by atoms with van der Waals surface area (Å²) < 4.78 is 35.1. The van der Waals surface area contributed by atoms with E-state index in [1.807, 2.05) is 0 Å². The fraction of sp³-hybridized carbons (Fsp3) is 0.364. The Morgan fingerprint density at radius 3 is 2.22 bits per heavy atom. The van der Waals surface area contributed by atoms with E-state index in [0.717, 1.165) is 0 Å². The van der Waals surface area contributed by atoms with Crippen molar-refractivity contribution in [1.29, 1.82) is 0 Å². The second-order valence-corrected chi connectivity index (χ2v) is 5.94. The molecule has 1 aromatic carbocycles. The van der Waals surface area contributed by atoms with Gasteiger partial charge in [-0.3, -0.25) is 4.57 Å². The summed E-state index contributed by atoms with van der Waals surface area (Å²) in [7, 11) is -3.46. The van der Waals surface area contributed by atoms with Crippen molar-refractivity contribution in [2.24, 2.45) is 0 Å². The molecule has 0 aliphatic heterocycles. The number of thiocarbonyl (C=S) groups is 1. The summed E-state index contributed by atoms with van der Waals surface area (Å²) in [6, 6.07) is 5.53. The van der Waals surface area contributed by atoms with Crippen LogP contribution in [0.2, 0.25) is 0 Å². The summed E-state index contributed by atoms with van der Waals surface area (Å²) in [5.41, 5.74) is 0.529. The molecule has 0 saturated heterocycles. The van der Waals surface area contributed by atoms with Gasteiger partial charge >= 0.3 is 7.60 Å². The molecule has 0 aliphatic rings. The maximum atomic E-state index is 12.7. The van der Waals surface area contributed by atoms with E-state index >= 15 is 0 Å². The van der Waals surface area contributed by atoms with Crippen LogP contribution in [0.25, 0.3) is 0 Å². The third-order valence-corrected chi connectivity index (χ3v) is 4.52. The Bertz CT molecular complexity index is 442. The van der Waals surface area contributed by atoms with Crippen LogP contribution in [0.5, 0.6) is 0 Å². The summed E-state index contributed by atoms with van der Waals surface area (Å²) >= 11 is 5.02. The topological polar surface area (TPSA) is 47.6 Å². The van der Waals surface area contributed by atoms with Gasteiger partial charge in [0.1, 0.15) is 5.82 Å². The Balaban J connectivity index is 2.78. The number of rotatable bonds is 6. The van der Waals surface area contributed by atoms with E-state index < -0.39 is 7.60 Å². The summed E-state index contributed by atoms with van der Waals surface area (Å²) in [5.74, 6) is -0.357. The van der Waals surface area contributed by atoms with Crippen LogP contribution in [-0.2, 0) is 13.6 Å². The monoisotopic (exact) mass is 291 g/mol. The highest BCUT2D eigenvalue weighted by Crippen LogP contribution is 2.49. The van der Waals surface area contributed by atoms with Crippen LogP contribution >= 0.6 is 19.8 Å².